The summed E-state index contributed by atoms with van der Waals surface area (Å²) >= 11 is 0. The van der Waals surface area contributed by atoms with Gasteiger partial charge in [-0.15, -0.1) is 0 Å². The molecule has 0 aromatic rings. The van der Waals surface area contributed by atoms with E-state index in [-0.39, 0.29) is 11.8 Å². The van der Waals surface area contributed by atoms with Crippen molar-refractivity contribution >= 4 is 5.91 Å². The molecule has 2 N–H and O–H groups in total. The summed E-state index contributed by atoms with van der Waals surface area (Å²) < 4.78 is 0. The molecule has 0 aliphatic carbocycles. The molecular formula is C12H24N2O. The van der Waals surface area contributed by atoms with E-state index in [1.165, 1.54) is 0 Å². The van der Waals surface area contributed by atoms with Gasteiger partial charge in [-0.3, -0.25) is 4.79 Å². The first-order valence-electron chi connectivity index (χ1n) is 6.14. The van der Waals surface area contributed by atoms with E-state index in [2.05, 4.69) is 24.5 Å². The highest BCUT2D eigenvalue weighted by Crippen LogP contribution is 2.11. The maximum atomic E-state index is 11.8. The average Bonchev–Trinajstić information content (AvgIpc) is 2.18. The fourth-order valence-corrected chi connectivity index (χ4v) is 2.17. The van der Waals surface area contributed by atoms with Crippen molar-refractivity contribution in [1.82, 2.24) is 10.6 Å². The van der Waals surface area contributed by atoms with Crippen LogP contribution >= 0.6 is 0 Å². The van der Waals surface area contributed by atoms with Crippen LogP contribution < -0.4 is 10.6 Å². The zero-order valence-electron chi connectivity index (χ0n) is 10.2. The molecule has 3 unspecified atom stereocenters. The zero-order valence-corrected chi connectivity index (χ0v) is 10.2. The molecule has 1 rings (SSSR count). The molecular weight excluding hydrogens is 188 g/mol. The van der Waals surface area contributed by atoms with Crippen molar-refractivity contribution in [2.75, 3.05) is 13.1 Å². The highest BCUT2D eigenvalue weighted by atomic mass is 16.1. The minimum Gasteiger partial charge on any atom is -0.352 e. The third kappa shape index (κ3) is 4.20. The Labute approximate surface area is 93.0 Å². The standard InChI is InChI=1S/C12H24N2O/c1-4-5-10(3)12(15)14-11-6-9(2)7-13-8-11/h9-11,13H,4-8H2,1-3H3,(H,14,15). The highest BCUT2D eigenvalue weighted by Gasteiger charge is 2.21. The Bertz CT molecular complexity index is 206. The summed E-state index contributed by atoms with van der Waals surface area (Å²) in [5.41, 5.74) is 0. The lowest BCUT2D eigenvalue weighted by molar-refractivity contribution is -0.125. The number of nitrogens with one attached hydrogen (secondary N) is 2. The Morgan fingerprint density at radius 1 is 1.53 bits per heavy atom. The molecule has 0 aromatic heterocycles. The first-order valence-corrected chi connectivity index (χ1v) is 6.14. The molecule has 1 saturated heterocycles. The molecule has 3 heteroatoms. The topological polar surface area (TPSA) is 41.1 Å². The second-order valence-corrected chi connectivity index (χ2v) is 4.89. The van der Waals surface area contributed by atoms with E-state index in [0.717, 1.165) is 32.4 Å². The van der Waals surface area contributed by atoms with Gasteiger partial charge in [0, 0.05) is 18.5 Å². The summed E-state index contributed by atoms with van der Waals surface area (Å²) in [7, 11) is 0. The number of rotatable bonds is 4. The summed E-state index contributed by atoms with van der Waals surface area (Å²) in [6.45, 7) is 8.36. The minimum atomic E-state index is 0.159. The molecule has 1 aliphatic heterocycles. The maximum absolute atomic E-state index is 11.8. The Kier molecular flexibility index (Phi) is 5.09. The van der Waals surface area contributed by atoms with E-state index in [1.54, 1.807) is 0 Å². The van der Waals surface area contributed by atoms with Crippen molar-refractivity contribution in [2.45, 2.75) is 46.1 Å². The lowest BCUT2D eigenvalue weighted by Crippen LogP contribution is -2.49. The van der Waals surface area contributed by atoms with Crippen LogP contribution in [0.2, 0.25) is 0 Å². The van der Waals surface area contributed by atoms with Gasteiger partial charge >= 0.3 is 0 Å². The summed E-state index contributed by atoms with van der Waals surface area (Å²) in [4.78, 5) is 11.8. The van der Waals surface area contributed by atoms with Crippen LogP contribution in [0, 0.1) is 11.8 Å². The molecule has 0 radical (unpaired) electrons. The van der Waals surface area contributed by atoms with Crippen molar-refractivity contribution in [1.29, 1.82) is 0 Å². The minimum absolute atomic E-state index is 0.159. The molecule has 88 valence electrons. The molecule has 3 atom stereocenters. The predicted molar refractivity (Wildman–Crippen MR) is 62.7 cm³/mol. The van der Waals surface area contributed by atoms with Crippen LogP contribution in [-0.4, -0.2) is 25.0 Å². The summed E-state index contributed by atoms with van der Waals surface area (Å²) in [6, 6.07) is 0.334. The largest absolute Gasteiger partial charge is 0.352 e. The van der Waals surface area contributed by atoms with Gasteiger partial charge in [-0.05, 0) is 25.3 Å². The van der Waals surface area contributed by atoms with Crippen LogP contribution in [0.15, 0.2) is 0 Å². The summed E-state index contributed by atoms with van der Waals surface area (Å²) in [5.74, 6) is 1.05. The van der Waals surface area contributed by atoms with Gasteiger partial charge in [0.05, 0.1) is 0 Å². The van der Waals surface area contributed by atoms with Crippen LogP contribution in [0.5, 0.6) is 0 Å². The van der Waals surface area contributed by atoms with Gasteiger partial charge in [-0.1, -0.05) is 27.2 Å². The number of hydrogen-bond donors (Lipinski definition) is 2. The monoisotopic (exact) mass is 212 g/mol. The van der Waals surface area contributed by atoms with Crippen LogP contribution in [0.25, 0.3) is 0 Å². The maximum Gasteiger partial charge on any atom is 0.223 e. The molecule has 3 nitrogen and oxygen atoms in total. The van der Waals surface area contributed by atoms with Crippen LogP contribution in [0.3, 0.4) is 0 Å². The van der Waals surface area contributed by atoms with Gasteiger partial charge in [0.2, 0.25) is 5.91 Å². The van der Waals surface area contributed by atoms with Crippen molar-refractivity contribution in [3.05, 3.63) is 0 Å². The number of piperidine rings is 1. The van der Waals surface area contributed by atoms with Crippen molar-refractivity contribution in [3.63, 3.8) is 0 Å². The van der Waals surface area contributed by atoms with E-state index in [9.17, 15) is 4.79 Å². The molecule has 1 amide bonds. The number of carbonyl (C=O) groups is 1. The lowest BCUT2D eigenvalue weighted by Gasteiger charge is -2.29. The molecule has 0 saturated carbocycles. The van der Waals surface area contributed by atoms with Crippen molar-refractivity contribution in [2.24, 2.45) is 11.8 Å². The fourth-order valence-electron chi connectivity index (χ4n) is 2.17. The quantitative estimate of drug-likeness (QED) is 0.742. The second kappa shape index (κ2) is 6.11. The highest BCUT2D eigenvalue weighted by molar-refractivity contribution is 5.78. The normalized spacial score (nSPS) is 28.5. The second-order valence-electron chi connectivity index (χ2n) is 4.89. The first-order chi connectivity index (χ1) is 7.13. The van der Waals surface area contributed by atoms with Crippen LogP contribution in [0.1, 0.15) is 40.0 Å². The molecule has 0 bridgehead atoms. The smallest absolute Gasteiger partial charge is 0.223 e. The van der Waals surface area contributed by atoms with Crippen molar-refractivity contribution < 1.29 is 4.79 Å². The first kappa shape index (κ1) is 12.5. The molecule has 0 aromatic carbocycles. The van der Waals surface area contributed by atoms with E-state index >= 15 is 0 Å². The predicted octanol–water partition coefficient (Wildman–Crippen LogP) is 1.54. The van der Waals surface area contributed by atoms with Gasteiger partial charge < -0.3 is 10.6 Å². The van der Waals surface area contributed by atoms with Gasteiger partial charge in [0.25, 0.3) is 0 Å². The average molecular weight is 212 g/mol. The van der Waals surface area contributed by atoms with Gasteiger partial charge in [0.15, 0.2) is 0 Å². The Balaban J connectivity index is 2.30. The Hall–Kier alpha value is -0.570. The molecule has 1 fully saturated rings. The van der Waals surface area contributed by atoms with Gasteiger partial charge in [-0.2, -0.15) is 0 Å². The van der Waals surface area contributed by atoms with Crippen LogP contribution in [-0.2, 0) is 4.79 Å². The summed E-state index contributed by atoms with van der Waals surface area (Å²) in [5, 5.41) is 6.48. The fraction of sp³-hybridized carbons (Fsp3) is 0.917. The number of amides is 1. The lowest BCUT2D eigenvalue weighted by atomic mass is 9.96. The number of hydrogen-bond acceptors (Lipinski definition) is 2. The molecule has 1 heterocycles. The van der Waals surface area contributed by atoms with E-state index < -0.39 is 0 Å². The SMILES string of the molecule is CCCC(C)C(=O)NC1CNCC(C)C1. The van der Waals surface area contributed by atoms with Gasteiger partial charge in [0.1, 0.15) is 0 Å². The third-order valence-corrected chi connectivity index (χ3v) is 3.09. The third-order valence-electron chi connectivity index (χ3n) is 3.09. The Morgan fingerprint density at radius 2 is 2.27 bits per heavy atom. The van der Waals surface area contributed by atoms with Crippen molar-refractivity contribution in [3.8, 4) is 0 Å². The molecule has 0 spiro atoms. The number of carbonyl (C=O) groups excluding carboxylic acids is 1. The molecule has 15 heavy (non-hydrogen) atoms. The molecule has 1 aliphatic rings. The van der Waals surface area contributed by atoms with Crippen LogP contribution in [0.4, 0.5) is 0 Å². The Morgan fingerprint density at radius 3 is 2.87 bits per heavy atom. The van der Waals surface area contributed by atoms with E-state index in [0.29, 0.717) is 12.0 Å². The van der Waals surface area contributed by atoms with E-state index in [4.69, 9.17) is 0 Å². The van der Waals surface area contributed by atoms with E-state index in [1.807, 2.05) is 6.92 Å². The zero-order chi connectivity index (χ0) is 11.3. The summed E-state index contributed by atoms with van der Waals surface area (Å²) in [6.07, 6.45) is 3.17. The van der Waals surface area contributed by atoms with Gasteiger partial charge in [-0.25, -0.2) is 0 Å².